The number of aliphatic carboxylic acids is 1. The summed E-state index contributed by atoms with van der Waals surface area (Å²) in [6.45, 7) is 3.45. The summed E-state index contributed by atoms with van der Waals surface area (Å²) in [6, 6.07) is 4.79. The first kappa shape index (κ1) is 16.0. The van der Waals surface area contributed by atoms with E-state index < -0.39 is 17.4 Å². The van der Waals surface area contributed by atoms with Gasteiger partial charge in [0.25, 0.3) is 5.91 Å². The molecule has 0 bridgehead atoms. The van der Waals surface area contributed by atoms with Gasteiger partial charge in [0.2, 0.25) is 0 Å². The predicted molar refractivity (Wildman–Crippen MR) is 77.6 cm³/mol. The van der Waals surface area contributed by atoms with Crippen LogP contribution in [0.4, 0.5) is 0 Å². The van der Waals surface area contributed by atoms with Crippen LogP contribution in [0.3, 0.4) is 0 Å². The minimum absolute atomic E-state index is 0.308. The lowest BCUT2D eigenvalue weighted by molar-refractivity contribution is -0.144. The van der Waals surface area contributed by atoms with Crippen molar-refractivity contribution < 1.29 is 14.7 Å². The highest BCUT2D eigenvalue weighted by atomic mass is 79.9. The number of halogens is 2. The first-order chi connectivity index (χ1) is 8.86. The molecule has 19 heavy (non-hydrogen) atoms. The Labute approximate surface area is 125 Å². The fourth-order valence-corrected chi connectivity index (χ4v) is 2.34. The average Bonchev–Trinajstić information content (AvgIpc) is 2.38. The van der Waals surface area contributed by atoms with Gasteiger partial charge >= 0.3 is 5.97 Å². The monoisotopic (exact) mass is 347 g/mol. The molecule has 1 rings (SSSR count). The molecule has 0 spiro atoms. The van der Waals surface area contributed by atoms with Crippen molar-refractivity contribution in [2.75, 3.05) is 0 Å². The highest BCUT2D eigenvalue weighted by Crippen LogP contribution is 2.23. The molecule has 0 aromatic heterocycles. The molecule has 1 aromatic carbocycles. The Balaban J connectivity index is 3.07. The number of carbonyl (C=O) groups is 2. The van der Waals surface area contributed by atoms with Crippen molar-refractivity contribution in [1.29, 1.82) is 0 Å². The molecule has 0 radical (unpaired) electrons. The standard InChI is InChI=1S/C13H15BrClNO3/c1-3-13(4-2,12(18)19)16-11(17)9-7-8(15)5-6-10(9)14/h5-7H,3-4H2,1-2H3,(H,16,17)(H,18,19). The van der Waals surface area contributed by atoms with Gasteiger partial charge in [0.05, 0.1) is 5.56 Å². The van der Waals surface area contributed by atoms with E-state index >= 15 is 0 Å². The lowest BCUT2D eigenvalue weighted by atomic mass is 9.92. The summed E-state index contributed by atoms with van der Waals surface area (Å²) in [7, 11) is 0. The third-order valence-electron chi connectivity index (χ3n) is 3.14. The number of rotatable bonds is 5. The second-order valence-corrected chi connectivity index (χ2v) is 5.46. The van der Waals surface area contributed by atoms with E-state index in [2.05, 4.69) is 21.2 Å². The van der Waals surface area contributed by atoms with Gasteiger partial charge in [0.15, 0.2) is 0 Å². The minimum Gasteiger partial charge on any atom is -0.480 e. The summed E-state index contributed by atoms with van der Waals surface area (Å²) in [5.74, 6) is -1.50. The Morgan fingerprint density at radius 2 is 1.95 bits per heavy atom. The van der Waals surface area contributed by atoms with E-state index in [4.69, 9.17) is 11.6 Å². The third kappa shape index (κ3) is 3.48. The summed E-state index contributed by atoms with van der Waals surface area (Å²) < 4.78 is 0.570. The summed E-state index contributed by atoms with van der Waals surface area (Å²) in [4.78, 5) is 23.5. The van der Waals surface area contributed by atoms with Gasteiger partial charge in [0, 0.05) is 9.50 Å². The van der Waals surface area contributed by atoms with Crippen LogP contribution in [-0.4, -0.2) is 22.5 Å². The molecule has 4 nitrogen and oxygen atoms in total. The van der Waals surface area contributed by atoms with Crippen molar-refractivity contribution in [2.24, 2.45) is 0 Å². The molecule has 0 aliphatic heterocycles. The van der Waals surface area contributed by atoms with Gasteiger partial charge in [-0.2, -0.15) is 0 Å². The van der Waals surface area contributed by atoms with Crippen LogP contribution in [0.2, 0.25) is 5.02 Å². The molecule has 104 valence electrons. The Kier molecular flexibility index (Phi) is 5.38. The minimum atomic E-state index is -1.25. The van der Waals surface area contributed by atoms with Crippen LogP contribution in [0, 0.1) is 0 Å². The number of nitrogens with one attached hydrogen (secondary N) is 1. The van der Waals surface area contributed by atoms with E-state index in [0.29, 0.717) is 27.9 Å². The molecule has 0 aliphatic rings. The van der Waals surface area contributed by atoms with Gasteiger partial charge in [-0.25, -0.2) is 4.79 Å². The van der Waals surface area contributed by atoms with Crippen molar-refractivity contribution in [3.63, 3.8) is 0 Å². The van der Waals surface area contributed by atoms with E-state index in [9.17, 15) is 14.7 Å². The topological polar surface area (TPSA) is 66.4 Å². The molecule has 1 aromatic rings. The van der Waals surface area contributed by atoms with Gasteiger partial charge in [-0.15, -0.1) is 0 Å². The predicted octanol–water partition coefficient (Wildman–Crippen LogP) is 3.48. The summed E-state index contributed by atoms with van der Waals surface area (Å²) in [6.07, 6.45) is 0.617. The Morgan fingerprint density at radius 1 is 1.37 bits per heavy atom. The lowest BCUT2D eigenvalue weighted by Crippen LogP contribution is -2.53. The van der Waals surface area contributed by atoms with E-state index in [1.54, 1.807) is 26.0 Å². The zero-order valence-electron chi connectivity index (χ0n) is 10.7. The fraction of sp³-hybridized carbons (Fsp3) is 0.385. The zero-order valence-corrected chi connectivity index (χ0v) is 13.0. The molecule has 0 atom stereocenters. The van der Waals surface area contributed by atoms with E-state index in [1.807, 2.05) is 0 Å². The maximum absolute atomic E-state index is 12.2. The molecule has 1 amide bonds. The van der Waals surface area contributed by atoms with E-state index in [0.717, 1.165) is 0 Å². The Bertz CT molecular complexity index is 501. The molecule has 0 saturated heterocycles. The van der Waals surface area contributed by atoms with Crippen LogP contribution in [0.1, 0.15) is 37.0 Å². The molecule has 0 heterocycles. The van der Waals surface area contributed by atoms with Gasteiger partial charge in [0.1, 0.15) is 5.54 Å². The molecule has 0 saturated carbocycles. The smallest absolute Gasteiger partial charge is 0.329 e. The quantitative estimate of drug-likeness (QED) is 0.856. The van der Waals surface area contributed by atoms with Crippen LogP contribution in [-0.2, 0) is 4.79 Å². The fourth-order valence-electron chi connectivity index (χ4n) is 1.74. The number of amides is 1. The summed E-state index contributed by atoms with van der Waals surface area (Å²) in [5, 5.41) is 12.3. The number of benzene rings is 1. The molecular formula is C13H15BrClNO3. The number of hydrogen-bond donors (Lipinski definition) is 2. The van der Waals surface area contributed by atoms with Crippen molar-refractivity contribution in [3.05, 3.63) is 33.3 Å². The largest absolute Gasteiger partial charge is 0.480 e. The molecular weight excluding hydrogens is 334 g/mol. The van der Waals surface area contributed by atoms with Crippen molar-refractivity contribution in [3.8, 4) is 0 Å². The maximum atomic E-state index is 12.2. The van der Waals surface area contributed by atoms with Gasteiger partial charge < -0.3 is 10.4 Å². The number of carboxylic acid groups (broad SMARTS) is 1. The molecule has 0 aliphatic carbocycles. The third-order valence-corrected chi connectivity index (χ3v) is 4.07. The van der Waals surface area contributed by atoms with Crippen molar-refractivity contribution >= 4 is 39.4 Å². The van der Waals surface area contributed by atoms with Gasteiger partial charge in [-0.05, 0) is 47.0 Å². The molecule has 0 unspecified atom stereocenters. The highest BCUT2D eigenvalue weighted by molar-refractivity contribution is 9.10. The summed E-state index contributed by atoms with van der Waals surface area (Å²) in [5.41, 5.74) is -0.932. The van der Waals surface area contributed by atoms with Crippen LogP contribution in [0.25, 0.3) is 0 Å². The molecule has 6 heteroatoms. The SMILES string of the molecule is CCC(CC)(NC(=O)c1cc(Cl)ccc1Br)C(=O)O. The van der Waals surface area contributed by atoms with E-state index in [1.165, 1.54) is 6.07 Å². The zero-order chi connectivity index (χ0) is 14.6. The Hall–Kier alpha value is -1.07. The second-order valence-electron chi connectivity index (χ2n) is 4.17. The van der Waals surface area contributed by atoms with Gasteiger partial charge in [-0.1, -0.05) is 25.4 Å². The second kappa shape index (κ2) is 6.39. The van der Waals surface area contributed by atoms with Crippen LogP contribution in [0.15, 0.2) is 22.7 Å². The highest BCUT2D eigenvalue weighted by Gasteiger charge is 2.36. The van der Waals surface area contributed by atoms with Crippen molar-refractivity contribution in [2.45, 2.75) is 32.2 Å². The first-order valence-electron chi connectivity index (χ1n) is 5.87. The number of carboxylic acids is 1. The lowest BCUT2D eigenvalue weighted by Gasteiger charge is -2.28. The molecule has 2 N–H and O–H groups in total. The van der Waals surface area contributed by atoms with Crippen molar-refractivity contribution in [1.82, 2.24) is 5.32 Å². The average molecular weight is 349 g/mol. The molecule has 0 fully saturated rings. The normalized spacial score (nSPS) is 11.2. The number of carbonyl (C=O) groups excluding carboxylic acids is 1. The van der Waals surface area contributed by atoms with Crippen LogP contribution >= 0.6 is 27.5 Å². The first-order valence-corrected chi connectivity index (χ1v) is 7.04. The maximum Gasteiger partial charge on any atom is 0.329 e. The van der Waals surface area contributed by atoms with Gasteiger partial charge in [-0.3, -0.25) is 4.79 Å². The van der Waals surface area contributed by atoms with Crippen LogP contribution in [0.5, 0.6) is 0 Å². The summed E-state index contributed by atoms with van der Waals surface area (Å²) >= 11 is 9.10. The van der Waals surface area contributed by atoms with Crippen LogP contribution < -0.4 is 5.32 Å². The Morgan fingerprint density at radius 3 is 2.42 bits per heavy atom. The number of hydrogen-bond acceptors (Lipinski definition) is 2. The van der Waals surface area contributed by atoms with E-state index in [-0.39, 0.29) is 0 Å².